The summed E-state index contributed by atoms with van der Waals surface area (Å²) in [4.78, 5) is 18.4. The lowest BCUT2D eigenvalue weighted by Crippen LogP contribution is -2.38. The van der Waals surface area contributed by atoms with Gasteiger partial charge in [0.2, 0.25) is 5.96 Å². The summed E-state index contributed by atoms with van der Waals surface area (Å²) < 4.78 is 0. The Bertz CT molecular complexity index is 622. The quantitative estimate of drug-likeness (QED) is 0.794. The SMILES string of the molecule is O=C1NC2=Nc3ccc(Cl)c(Cl)c3CN2C12CC2. The number of guanidine groups is 1. The van der Waals surface area contributed by atoms with Crippen LogP contribution in [0, 0.1) is 0 Å². The van der Waals surface area contributed by atoms with Gasteiger partial charge in [0.15, 0.2) is 0 Å². The van der Waals surface area contributed by atoms with Crippen LogP contribution >= 0.6 is 23.2 Å². The lowest BCUT2D eigenvalue weighted by Gasteiger charge is -2.28. The molecular weight excluding hydrogens is 273 g/mol. The fourth-order valence-corrected chi connectivity index (χ4v) is 3.05. The summed E-state index contributed by atoms with van der Waals surface area (Å²) in [7, 11) is 0. The van der Waals surface area contributed by atoms with Gasteiger partial charge < -0.3 is 4.90 Å². The molecule has 1 spiro atoms. The van der Waals surface area contributed by atoms with E-state index >= 15 is 0 Å². The molecule has 0 atom stereocenters. The lowest BCUT2D eigenvalue weighted by atomic mass is 10.1. The molecular formula is C12H9Cl2N3O. The summed E-state index contributed by atoms with van der Waals surface area (Å²) in [5.74, 6) is 0.694. The fourth-order valence-electron chi connectivity index (χ4n) is 2.65. The van der Waals surface area contributed by atoms with Gasteiger partial charge in [-0.3, -0.25) is 10.1 Å². The number of amides is 1. The summed E-state index contributed by atoms with van der Waals surface area (Å²) >= 11 is 12.2. The highest BCUT2D eigenvalue weighted by Crippen LogP contribution is 2.49. The molecule has 2 fully saturated rings. The number of aliphatic imine (C=N–C) groups is 1. The third kappa shape index (κ3) is 1.17. The van der Waals surface area contributed by atoms with Crippen LogP contribution in [0.2, 0.25) is 10.0 Å². The monoisotopic (exact) mass is 281 g/mol. The van der Waals surface area contributed by atoms with E-state index in [1.54, 1.807) is 6.07 Å². The Morgan fingerprint density at radius 3 is 2.83 bits per heavy atom. The zero-order valence-electron chi connectivity index (χ0n) is 9.33. The first-order valence-corrected chi connectivity index (χ1v) is 6.52. The summed E-state index contributed by atoms with van der Waals surface area (Å²) in [6.45, 7) is 0.590. The predicted molar refractivity (Wildman–Crippen MR) is 69.2 cm³/mol. The van der Waals surface area contributed by atoms with Gasteiger partial charge in [-0.15, -0.1) is 0 Å². The molecule has 4 rings (SSSR count). The van der Waals surface area contributed by atoms with Crippen molar-refractivity contribution in [3.05, 3.63) is 27.7 Å². The second kappa shape index (κ2) is 3.19. The molecule has 1 saturated carbocycles. The standard InChI is InChI=1S/C12H9Cl2N3O/c13-7-1-2-8-6(9(7)14)5-17-11(15-8)16-10(18)12(17)3-4-12/h1-2H,3-5H2,(H,15,16,18). The number of rotatable bonds is 0. The van der Waals surface area contributed by atoms with Crippen molar-refractivity contribution in [1.29, 1.82) is 0 Å². The summed E-state index contributed by atoms with van der Waals surface area (Å²) in [5.41, 5.74) is 1.31. The molecule has 0 unspecified atom stereocenters. The number of benzene rings is 1. The summed E-state index contributed by atoms with van der Waals surface area (Å²) in [5, 5.41) is 3.90. The van der Waals surface area contributed by atoms with E-state index in [4.69, 9.17) is 23.2 Å². The van der Waals surface area contributed by atoms with Crippen LogP contribution in [0.4, 0.5) is 5.69 Å². The molecule has 1 aromatic carbocycles. The Hall–Kier alpha value is -1.26. The zero-order valence-corrected chi connectivity index (χ0v) is 10.8. The van der Waals surface area contributed by atoms with E-state index in [0.717, 1.165) is 24.1 Å². The number of fused-ring (bicyclic) bond motifs is 3. The van der Waals surface area contributed by atoms with Crippen LogP contribution in [0.1, 0.15) is 18.4 Å². The highest BCUT2D eigenvalue weighted by atomic mass is 35.5. The number of nitrogens with one attached hydrogen (secondary N) is 1. The maximum Gasteiger partial charge on any atom is 0.252 e. The number of carbonyl (C=O) groups excluding carboxylic acids is 1. The molecule has 6 heteroatoms. The van der Waals surface area contributed by atoms with Crippen LogP contribution in [0.15, 0.2) is 17.1 Å². The minimum Gasteiger partial charge on any atom is -0.323 e. The van der Waals surface area contributed by atoms with Gasteiger partial charge in [-0.25, -0.2) is 4.99 Å². The molecule has 4 nitrogen and oxygen atoms in total. The molecule has 0 bridgehead atoms. The molecule has 2 heterocycles. The van der Waals surface area contributed by atoms with Crippen LogP contribution in [0.3, 0.4) is 0 Å². The third-order valence-corrected chi connectivity index (χ3v) is 4.70. The molecule has 1 saturated heterocycles. The Labute approximate surface area is 114 Å². The fraction of sp³-hybridized carbons (Fsp3) is 0.333. The Morgan fingerprint density at radius 2 is 2.11 bits per heavy atom. The van der Waals surface area contributed by atoms with Gasteiger partial charge in [-0.1, -0.05) is 23.2 Å². The average Bonchev–Trinajstić information content (AvgIpc) is 3.10. The van der Waals surface area contributed by atoms with Gasteiger partial charge in [0, 0.05) is 5.56 Å². The highest BCUT2D eigenvalue weighted by molar-refractivity contribution is 6.42. The Morgan fingerprint density at radius 1 is 1.33 bits per heavy atom. The lowest BCUT2D eigenvalue weighted by molar-refractivity contribution is -0.122. The van der Waals surface area contributed by atoms with Gasteiger partial charge in [-0.2, -0.15) is 0 Å². The first-order valence-electron chi connectivity index (χ1n) is 5.76. The second-order valence-electron chi connectivity index (χ2n) is 4.87. The summed E-state index contributed by atoms with van der Waals surface area (Å²) in [6, 6.07) is 3.56. The summed E-state index contributed by atoms with van der Waals surface area (Å²) in [6.07, 6.45) is 1.76. The minimum atomic E-state index is -0.373. The molecule has 18 heavy (non-hydrogen) atoms. The molecule has 1 aromatic rings. The van der Waals surface area contributed by atoms with E-state index in [2.05, 4.69) is 10.3 Å². The van der Waals surface area contributed by atoms with Gasteiger partial charge >= 0.3 is 0 Å². The predicted octanol–water partition coefficient (Wildman–Crippen LogP) is 2.46. The van der Waals surface area contributed by atoms with Crippen molar-refractivity contribution in [2.45, 2.75) is 24.9 Å². The highest BCUT2D eigenvalue weighted by Gasteiger charge is 2.61. The number of halogens is 2. The minimum absolute atomic E-state index is 0.0521. The number of hydrogen-bond donors (Lipinski definition) is 1. The number of hydrogen-bond acceptors (Lipinski definition) is 3. The van der Waals surface area contributed by atoms with Crippen LogP contribution < -0.4 is 5.32 Å². The van der Waals surface area contributed by atoms with Crippen LogP contribution in [-0.4, -0.2) is 22.3 Å². The molecule has 0 aromatic heterocycles. The third-order valence-electron chi connectivity index (χ3n) is 3.86. The largest absolute Gasteiger partial charge is 0.323 e. The van der Waals surface area contributed by atoms with E-state index in [1.807, 2.05) is 11.0 Å². The normalized spacial score (nSPS) is 22.4. The van der Waals surface area contributed by atoms with Crippen molar-refractivity contribution >= 4 is 40.8 Å². The van der Waals surface area contributed by atoms with Crippen molar-refractivity contribution in [3.8, 4) is 0 Å². The smallest absolute Gasteiger partial charge is 0.252 e. The molecule has 92 valence electrons. The van der Waals surface area contributed by atoms with Crippen LogP contribution in [0.5, 0.6) is 0 Å². The van der Waals surface area contributed by atoms with E-state index in [-0.39, 0.29) is 11.4 Å². The number of nitrogens with zero attached hydrogens (tertiary/aromatic N) is 2. The Balaban J connectivity index is 1.87. The van der Waals surface area contributed by atoms with Gasteiger partial charge in [0.05, 0.1) is 22.3 Å². The van der Waals surface area contributed by atoms with E-state index in [0.29, 0.717) is 22.5 Å². The maximum absolute atomic E-state index is 11.9. The molecule has 2 aliphatic heterocycles. The first kappa shape index (κ1) is 10.6. The van der Waals surface area contributed by atoms with Crippen molar-refractivity contribution in [1.82, 2.24) is 10.2 Å². The zero-order chi connectivity index (χ0) is 12.5. The molecule has 1 amide bonds. The first-order chi connectivity index (χ1) is 8.62. The average molecular weight is 282 g/mol. The Kier molecular flexibility index (Phi) is 1.89. The van der Waals surface area contributed by atoms with Crippen molar-refractivity contribution < 1.29 is 4.79 Å². The van der Waals surface area contributed by atoms with Gasteiger partial charge in [0.25, 0.3) is 5.91 Å². The van der Waals surface area contributed by atoms with Crippen molar-refractivity contribution in [2.75, 3.05) is 0 Å². The molecule has 0 radical (unpaired) electrons. The van der Waals surface area contributed by atoms with Crippen LogP contribution in [0.25, 0.3) is 0 Å². The van der Waals surface area contributed by atoms with E-state index < -0.39 is 0 Å². The molecule has 3 aliphatic rings. The van der Waals surface area contributed by atoms with Gasteiger partial charge in [-0.05, 0) is 25.0 Å². The molecule has 1 N–H and O–H groups in total. The van der Waals surface area contributed by atoms with E-state index in [1.165, 1.54) is 0 Å². The topological polar surface area (TPSA) is 44.7 Å². The second-order valence-corrected chi connectivity index (χ2v) is 5.65. The maximum atomic E-state index is 11.9. The molecule has 1 aliphatic carbocycles. The van der Waals surface area contributed by atoms with Crippen molar-refractivity contribution in [2.24, 2.45) is 4.99 Å². The van der Waals surface area contributed by atoms with Gasteiger partial charge in [0.1, 0.15) is 5.54 Å². The number of carbonyl (C=O) groups is 1. The van der Waals surface area contributed by atoms with Crippen LogP contribution in [-0.2, 0) is 11.3 Å². The van der Waals surface area contributed by atoms with Crippen molar-refractivity contribution in [3.63, 3.8) is 0 Å². The van der Waals surface area contributed by atoms with E-state index in [9.17, 15) is 4.79 Å².